The minimum absolute atomic E-state index is 0.368. The third-order valence-corrected chi connectivity index (χ3v) is 5.11. The zero-order chi connectivity index (χ0) is 20.8. The van der Waals surface area contributed by atoms with E-state index >= 15 is 0 Å². The lowest BCUT2D eigenvalue weighted by atomic mass is 10.1. The van der Waals surface area contributed by atoms with Gasteiger partial charge in [-0.25, -0.2) is 14.8 Å². The summed E-state index contributed by atoms with van der Waals surface area (Å²) in [4.78, 5) is 27.4. The van der Waals surface area contributed by atoms with Crippen LogP contribution in [0.25, 0.3) is 10.9 Å². The number of rotatable bonds is 3. The second kappa shape index (κ2) is 7.10. The van der Waals surface area contributed by atoms with Crippen molar-refractivity contribution in [2.45, 2.75) is 51.6 Å². The van der Waals surface area contributed by atoms with Crippen LogP contribution in [0.3, 0.4) is 0 Å². The molecule has 0 bridgehead atoms. The summed E-state index contributed by atoms with van der Waals surface area (Å²) >= 11 is 0. The molecule has 1 aliphatic carbocycles. The van der Waals surface area contributed by atoms with Crippen LogP contribution in [0.2, 0.25) is 0 Å². The van der Waals surface area contributed by atoms with Gasteiger partial charge < -0.3 is 4.74 Å². The van der Waals surface area contributed by atoms with Crippen LogP contribution in [0.1, 0.15) is 56.1 Å². The number of ether oxygens (including phenoxy) is 1. The van der Waals surface area contributed by atoms with Gasteiger partial charge >= 0.3 is 6.09 Å². The molecular weight excluding hydrogens is 364 g/mol. The van der Waals surface area contributed by atoms with Gasteiger partial charge in [0.25, 0.3) is 0 Å². The van der Waals surface area contributed by atoms with E-state index in [1.807, 2.05) is 52.1 Å². The fourth-order valence-electron chi connectivity index (χ4n) is 3.48. The van der Waals surface area contributed by atoms with Crippen molar-refractivity contribution in [3.8, 4) is 0 Å². The molecule has 1 fully saturated rings. The van der Waals surface area contributed by atoms with Crippen molar-refractivity contribution in [2.24, 2.45) is 0 Å². The minimum Gasteiger partial charge on any atom is -0.443 e. The van der Waals surface area contributed by atoms with Crippen molar-refractivity contribution >= 4 is 22.7 Å². The van der Waals surface area contributed by atoms with Crippen molar-refractivity contribution in [3.05, 3.63) is 59.8 Å². The molecule has 0 radical (unpaired) electrons. The maximum atomic E-state index is 12.4. The normalized spacial score (nSPS) is 18.5. The SMILES string of the molecule is Cc1ccnc([C@H]2C[C@@H]2c2ccc3ncc(N(C)C(=O)OC(C)(C)C)cc3c2)n1. The number of aryl methyl sites for hydroxylation is 1. The maximum Gasteiger partial charge on any atom is 0.414 e. The number of aromatic nitrogens is 3. The first-order valence-electron chi connectivity index (χ1n) is 9.87. The number of pyridine rings is 1. The van der Waals surface area contributed by atoms with E-state index in [1.54, 1.807) is 13.2 Å². The summed E-state index contributed by atoms with van der Waals surface area (Å²) in [5.41, 5.74) is 3.32. The van der Waals surface area contributed by atoms with Crippen LogP contribution in [0.4, 0.5) is 10.5 Å². The zero-order valence-corrected chi connectivity index (χ0v) is 17.5. The van der Waals surface area contributed by atoms with E-state index < -0.39 is 11.7 Å². The van der Waals surface area contributed by atoms with E-state index in [1.165, 1.54) is 10.5 Å². The largest absolute Gasteiger partial charge is 0.443 e. The van der Waals surface area contributed by atoms with Gasteiger partial charge in [-0.2, -0.15) is 0 Å². The molecule has 0 spiro atoms. The first-order chi connectivity index (χ1) is 13.7. The molecule has 4 rings (SSSR count). The third kappa shape index (κ3) is 4.21. The molecular formula is C23H26N4O2. The van der Waals surface area contributed by atoms with Gasteiger partial charge in [0, 0.05) is 30.2 Å². The van der Waals surface area contributed by atoms with Crippen LogP contribution < -0.4 is 4.90 Å². The van der Waals surface area contributed by atoms with Crippen LogP contribution in [0.15, 0.2) is 42.7 Å². The molecule has 0 N–H and O–H groups in total. The highest BCUT2D eigenvalue weighted by Gasteiger charge is 2.41. The van der Waals surface area contributed by atoms with Crippen LogP contribution in [0.5, 0.6) is 0 Å². The molecule has 3 aromatic rings. The number of hydrogen-bond acceptors (Lipinski definition) is 5. The molecule has 6 heteroatoms. The first kappa shape index (κ1) is 19.3. The molecule has 2 atom stereocenters. The lowest BCUT2D eigenvalue weighted by molar-refractivity contribution is 0.0589. The second-order valence-electron chi connectivity index (χ2n) is 8.69. The van der Waals surface area contributed by atoms with Crippen molar-refractivity contribution in [3.63, 3.8) is 0 Å². The lowest BCUT2D eigenvalue weighted by Gasteiger charge is -2.24. The summed E-state index contributed by atoms with van der Waals surface area (Å²) in [5, 5.41) is 1.01. The van der Waals surface area contributed by atoms with Gasteiger partial charge in [-0.05, 0) is 69.9 Å². The average molecular weight is 390 g/mol. The smallest absolute Gasteiger partial charge is 0.414 e. The lowest BCUT2D eigenvalue weighted by Crippen LogP contribution is -2.34. The third-order valence-electron chi connectivity index (χ3n) is 5.11. The Morgan fingerprint density at radius 1 is 1.14 bits per heavy atom. The van der Waals surface area contributed by atoms with Crippen LogP contribution in [-0.4, -0.2) is 33.7 Å². The molecule has 1 aromatic carbocycles. The number of nitrogens with zero attached hydrogens (tertiary/aromatic N) is 4. The van der Waals surface area contributed by atoms with E-state index in [0.29, 0.717) is 17.5 Å². The number of carbonyl (C=O) groups is 1. The van der Waals surface area contributed by atoms with Crippen molar-refractivity contribution in [1.82, 2.24) is 15.0 Å². The van der Waals surface area contributed by atoms with Gasteiger partial charge in [-0.3, -0.25) is 9.88 Å². The molecule has 1 amide bonds. The fourth-order valence-corrected chi connectivity index (χ4v) is 3.48. The van der Waals surface area contributed by atoms with E-state index in [-0.39, 0.29) is 0 Å². The molecule has 150 valence electrons. The Morgan fingerprint density at radius 3 is 2.66 bits per heavy atom. The number of anilines is 1. The summed E-state index contributed by atoms with van der Waals surface area (Å²) in [6, 6.07) is 10.2. The number of benzene rings is 1. The quantitative estimate of drug-likeness (QED) is 0.631. The summed E-state index contributed by atoms with van der Waals surface area (Å²) in [5.74, 6) is 1.72. The summed E-state index contributed by atoms with van der Waals surface area (Å²) in [6.45, 7) is 7.56. The highest BCUT2D eigenvalue weighted by molar-refractivity contribution is 5.91. The molecule has 6 nitrogen and oxygen atoms in total. The van der Waals surface area contributed by atoms with Gasteiger partial charge in [0.05, 0.1) is 17.4 Å². The molecule has 2 aromatic heterocycles. The predicted molar refractivity (Wildman–Crippen MR) is 113 cm³/mol. The van der Waals surface area contributed by atoms with Gasteiger partial charge in [-0.1, -0.05) is 6.07 Å². The Labute approximate surface area is 171 Å². The van der Waals surface area contributed by atoms with Gasteiger partial charge in [0.15, 0.2) is 0 Å². The number of fused-ring (bicyclic) bond motifs is 1. The summed E-state index contributed by atoms with van der Waals surface area (Å²) < 4.78 is 5.46. The fraction of sp³-hybridized carbons (Fsp3) is 0.391. The van der Waals surface area contributed by atoms with Crippen LogP contribution >= 0.6 is 0 Å². The van der Waals surface area contributed by atoms with Crippen LogP contribution in [0, 0.1) is 6.92 Å². The molecule has 1 saturated carbocycles. The predicted octanol–water partition coefficient (Wildman–Crippen LogP) is 4.98. The van der Waals surface area contributed by atoms with E-state index in [9.17, 15) is 4.79 Å². The highest BCUT2D eigenvalue weighted by atomic mass is 16.6. The molecule has 0 unspecified atom stereocenters. The molecule has 2 heterocycles. The molecule has 0 saturated heterocycles. The number of hydrogen-bond donors (Lipinski definition) is 0. The average Bonchev–Trinajstić information content (AvgIpc) is 3.46. The van der Waals surface area contributed by atoms with Crippen molar-refractivity contribution in [1.29, 1.82) is 0 Å². The van der Waals surface area contributed by atoms with Crippen molar-refractivity contribution < 1.29 is 9.53 Å². The topological polar surface area (TPSA) is 68.2 Å². The number of carbonyl (C=O) groups excluding carboxylic acids is 1. The van der Waals surface area contributed by atoms with E-state index in [0.717, 1.165) is 28.8 Å². The Morgan fingerprint density at radius 2 is 1.93 bits per heavy atom. The Balaban J connectivity index is 1.57. The molecule has 0 aliphatic heterocycles. The zero-order valence-electron chi connectivity index (χ0n) is 17.5. The highest BCUT2D eigenvalue weighted by Crippen LogP contribution is 2.53. The second-order valence-corrected chi connectivity index (χ2v) is 8.69. The standard InChI is InChI=1S/C23H26N4O2/c1-14-8-9-24-21(26-14)19-12-18(19)15-6-7-20-16(10-15)11-17(13-25-20)27(5)22(28)29-23(2,3)4/h6-11,13,18-19H,12H2,1-5H3/t18-,19+/m1/s1. The Hall–Kier alpha value is -3.02. The monoisotopic (exact) mass is 390 g/mol. The summed E-state index contributed by atoms with van der Waals surface area (Å²) in [6.07, 6.45) is 4.19. The maximum absolute atomic E-state index is 12.4. The minimum atomic E-state index is -0.540. The first-order valence-corrected chi connectivity index (χ1v) is 9.87. The number of amides is 1. The summed E-state index contributed by atoms with van der Waals surface area (Å²) in [7, 11) is 1.70. The van der Waals surface area contributed by atoms with E-state index in [2.05, 4.69) is 27.1 Å². The molecule has 29 heavy (non-hydrogen) atoms. The van der Waals surface area contributed by atoms with Gasteiger partial charge in [0.1, 0.15) is 11.4 Å². The van der Waals surface area contributed by atoms with Gasteiger partial charge in [-0.15, -0.1) is 0 Å². The van der Waals surface area contributed by atoms with Gasteiger partial charge in [0.2, 0.25) is 0 Å². The van der Waals surface area contributed by atoms with Crippen LogP contribution in [-0.2, 0) is 4.74 Å². The Kier molecular flexibility index (Phi) is 4.73. The van der Waals surface area contributed by atoms with E-state index in [4.69, 9.17) is 4.74 Å². The molecule has 1 aliphatic rings. The van der Waals surface area contributed by atoms with Crippen molar-refractivity contribution in [2.75, 3.05) is 11.9 Å². The Bertz CT molecular complexity index is 1070.